The molecule has 0 bridgehead atoms. The van der Waals surface area contributed by atoms with E-state index in [1.54, 1.807) is 11.3 Å². The van der Waals surface area contributed by atoms with Crippen LogP contribution in [0.1, 0.15) is 71.3 Å². The van der Waals surface area contributed by atoms with Gasteiger partial charge in [-0.3, -0.25) is 4.79 Å². The Kier molecular flexibility index (Phi) is 5.66. The number of nitrogens with zero attached hydrogens (tertiary/aromatic N) is 3. The number of aromatic nitrogens is 3. The van der Waals surface area contributed by atoms with Crippen LogP contribution in [0.25, 0.3) is 0 Å². The number of carbonyl (C=O) groups is 1. The maximum absolute atomic E-state index is 12.5. The fourth-order valence-corrected chi connectivity index (χ4v) is 4.51. The Morgan fingerprint density at radius 1 is 1.29 bits per heavy atom. The number of fused-ring (bicyclic) bond motifs is 1. The lowest BCUT2D eigenvalue weighted by molar-refractivity contribution is 0.0953. The maximum atomic E-state index is 12.5. The molecule has 0 atom stereocenters. The molecule has 24 heavy (non-hydrogen) atoms. The van der Waals surface area contributed by atoms with Crippen molar-refractivity contribution in [3.05, 3.63) is 33.0 Å². The molecule has 2 aromatic rings. The van der Waals surface area contributed by atoms with Crippen molar-refractivity contribution in [1.29, 1.82) is 0 Å². The van der Waals surface area contributed by atoms with Crippen LogP contribution in [0.3, 0.4) is 0 Å². The standard InChI is InChI=1S/C18H26N4OS/c1-3-8-14-13(4-2)11-15(24-14)18(23)19-12-17-21-20-16-9-6-5-7-10-22(16)17/h11H,3-10,12H2,1-2H3,(H,19,23). The van der Waals surface area contributed by atoms with Crippen LogP contribution in [0.15, 0.2) is 6.07 Å². The van der Waals surface area contributed by atoms with Crippen molar-refractivity contribution in [3.8, 4) is 0 Å². The van der Waals surface area contributed by atoms with Crippen LogP contribution in [-0.4, -0.2) is 20.7 Å². The summed E-state index contributed by atoms with van der Waals surface area (Å²) in [7, 11) is 0. The normalized spacial score (nSPS) is 14.2. The molecule has 130 valence electrons. The minimum Gasteiger partial charge on any atom is -0.344 e. The third-order valence-electron chi connectivity index (χ3n) is 4.57. The zero-order chi connectivity index (χ0) is 16.9. The molecule has 0 saturated carbocycles. The molecular weight excluding hydrogens is 320 g/mol. The topological polar surface area (TPSA) is 59.8 Å². The second kappa shape index (κ2) is 7.92. The van der Waals surface area contributed by atoms with Crippen LogP contribution in [0.5, 0.6) is 0 Å². The molecule has 0 fully saturated rings. The van der Waals surface area contributed by atoms with Gasteiger partial charge in [-0.25, -0.2) is 0 Å². The lowest BCUT2D eigenvalue weighted by atomic mass is 10.1. The first-order valence-corrected chi connectivity index (χ1v) is 9.85. The molecule has 6 heteroatoms. The molecule has 1 N–H and O–H groups in total. The number of hydrogen-bond donors (Lipinski definition) is 1. The lowest BCUT2D eigenvalue weighted by Gasteiger charge is -2.07. The van der Waals surface area contributed by atoms with E-state index < -0.39 is 0 Å². The van der Waals surface area contributed by atoms with E-state index in [4.69, 9.17) is 0 Å². The van der Waals surface area contributed by atoms with Crippen molar-refractivity contribution < 1.29 is 4.79 Å². The number of rotatable bonds is 6. The number of carbonyl (C=O) groups excluding carboxylic acids is 1. The van der Waals surface area contributed by atoms with Crippen LogP contribution < -0.4 is 5.32 Å². The van der Waals surface area contributed by atoms with Crippen molar-refractivity contribution in [1.82, 2.24) is 20.1 Å². The number of aryl methyl sites for hydroxylation is 3. The van der Waals surface area contributed by atoms with Gasteiger partial charge in [0.05, 0.1) is 11.4 Å². The quantitative estimate of drug-likeness (QED) is 0.871. The second-order valence-corrected chi connectivity index (χ2v) is 7.48. The number of amides is 1. The van der Waals surface area contributed by atoms with Crippen LogP contribution in [0.4, 0.5) is 0 Å². The molecular formula is C18H26N4OS. The molecule has 0 spiro atoms. The Hall–Kier alpha value is -1.69. The Morgan fingerprint density at radius 2 is 2.17 bits per heavy atom. The van der Waals surface area contributed by atoms with Gasteiger partial charge in [-0.2, -0.15) is 0 Å². The molecule has 1 amide bonds. The Balaban J connectivity index is 1.67. The molecule has 0 saturated heterocycles. The summed E-state index contributed by atoms with van der Waals surface area (Å²) >= 11 is 1.63. The van der Waals surface area contributed by atoms with Gasteiger partial charge in [0.25, 0.3) is 5.91 Å². The van der Waals surface area contributed by atoms with Gasteiger partial charge < -0.3 is 9.88 Å². The van der Waals surface area contributed by atoms with Crippen LogP contribution in [0, 0.1) is 0 Å². The molecule has 2 aromatic heterocycles. The van der Waals surface area contributed by atoms with Crippen LogP contribution in [-0.2, 0) is 32.4 Å². The number of nitrogens with one attached hydrogen (secondary N) is 1. The van der Waals surface area contributed by atoms with Gasteiger partial charge in [0.1, 0.15) is 5.82 Å². The minimum atomic E-state index is 0.00280. The van der Waals surface area contributed by atoms with Gasteiger partial charge in [0.15, 0.2) is 5.82 Å². The molecule has 3 rings (SSSR count). The van der Waals surface area contributed by atoms with E-state index in [9.17, 15) is 4.79 Å². The average molecular weight is 347 g/mol. The molecule has 0 aromatic carbocycles. The van der Waals surface area contributed by atoms with E-state index in [0.29, 0.717) is 6.54 Å². The lowest BCUT2D eigenvalue weighted by Crippen LogP contribution is -2.24. The summed E-state index contributed by atoms with van der Waals surface area (Å²) < 4.78 is 2.18. The van der Waals surface area contributed by atoms with Gasteiger partial charge in [-0.05, 0) is 37.3 Å². The smallest absolute Gasteiger partial charge is 0.261 e. The molecule has 1 aliphatic heterocycles. The maximum Gasteiger partial charge on any atom is 0.261 e. The van der Waals surface area contributed by atoms with E-state index in [2.05, 4.69) is 40.0 Å². The third kappa shape index (κ3) is 3.69. The van der Waals surface area contributed by atoms with E-state index >= 15 is 0 Å². The van der Waals surface area contributed by atoms with E-state index in [0.717, 1.165) is 55.2 Å². The van der Waals surface area contributed by atoms with Crippen molar-refractivity contribution in [2.75, 3.05) is 0 Å². The SMILES string of the molecule is CCCc1sc(C(=O)NCc2nnc3n2CCCCC3)cc1CC. The predicted octanol–water partition coefficient (Wildman–Crippen LogP) is 3.51. The first kappa shape index (κ1) is 17.1. The molecule has 3 heterocycles. The molecule has 0 radical (unpaired) electrons. The largest absolute Gasteiger partial charge is 0.344 e. The summed E-state index contributed by atoms with van der Waals surface area (Å²) in [5, 5.41) is 11.6. The Morgan fingerprint density at radius 3 is 2.96 bits per heavy atom. The van der Waals surface area contributed by atoms with Crippen LogP contribution in [0.2, 0.25) is 0 Å². The molecule has 0 aliphatic carbocycles. The van der Waals surface area contributed by atoms with Gasteiger partial charge in [0.2, 0.25) is 0 Å². The Labute approximate surface area is 147 Å². The zero-order valence-corrected chi connectivity index (χ0v) is 15.4. The first-order valence-electron chi connectivity index (χ1n) is 9.03. The summed E-state index contributed by atoms with van der Waals surface area (Å²) in [6, 6.07) is 2.05. The highest BCUT2D eigenvalue weighted by atomic mass is 32.1. The van der Waals surface area contributed by atoms with Crippen molar-refractivity contribution in [2.45, 2.75) is 71.9 Å². The van der Waals surface area contributed by atoms with Crippen molar-refractivity contribution in [2.24, 2.45) is 0 Å². The minimum absolute atomic E-state index is 0.00280. The van der Waals surface area contributed by atoms with E-state index in [1.807, 2.05) is 0 Å². The van der Waals surface area contributed by atoms with Crippen LogP contribution >= 0.6 is 11.3 Å². The van der Waals surface area contributed by atoms with Gasteiger partial charge >= 0.3 is 0 Å². The fourth-order valence-electron chi connectivity index (χ4n) is 3.24. The highest BCUT2D eigenvalue weighted by Gasteiger charge is 2.17. The summed E-state index contributed by atoms with van der Waals surface area (Å²) in [5.41, 5.74) is 1.31. The highest BCUT2D eigenvalue weighted by molar-refractivity contribution is 7.14. The van der Waals surface area contributed by atoms with Crippen molar-refractivity contribution in [3.63, 3.8) is 0 Å². The second-order valence-electron chi connectivity index (χ2n) is 6.34. The van der Waals surface area contributed by atoms with Crippen molar-refractivity contribution >= 4 is 17.2 Å². The Bertz CT molecular complexity index is 704. The van der Waals surface area contributed by atoms with Gasteiger partial charge in [0, 0.05) is 17.8 Å². The number of thiophene rings is 1. The summed E-state index contributed by atoms with van der Waals surface area (Å²) in [5.74, 6) is 1.94. The van der Waals surface area contributed by atoms with Gasteiger partial charge in [-0.15, -0.1) is 21.5 Å². The third-order valence-corrected chi connectivity index (χ3v) is 5.81. The monoisotopic (exact) mass is 346 g/mol. The fraction of sp³-hybridized carbons (Fsp3) is 0.611. The predicted molar refractivity (Wildman–Crippen MR) is 96.4 cm³/mol. The van der Waals surface area contributed by atoms with E-state index in [-0.39, 0.29) is 5.91 Å². The molecule has 0 unspecified atom stereocenters. The average Bonchev–Trinajstić information content (AvgIpc) is 3.09. The zero-order valence-electron chi connectivity index (χ0n) is 14.6. The van der Waals surface area contributed by atoms with Gasteiger partial charge in [-0.1, -0.05) is 26.7 Å². The van der Waals surface area contributed by atoms with E-state index in [1.165, 1.54) is 23.3 Å². The molecule has 1 aliphatic rings. The summed E-state index contributed by atoms with van der Waals surface area (Å²) in [6.45, 7) is 5.74. The molecule has 5 nitrogen and oxygen atoms in total. The highest BCUT2D eigenvalue weighted by Crippen LogP contribution is 2.24. The number of hydrogen-bond acceptors (Lipinski definition) is 4. The summed E-state index contributed by atoms with van der Waals surface area (Å²) in [6.07, 6.45) is 7.73. The summed E-state index contributed by atoms with van der Waals surface area (Å²) in [4.78, 5) is 14.7. The first-order chi connectivity index (χ1) is 11.7.